The summed E-state index contributed by atoms with van der Waals surface area (Å²) in [6.45, 7) is 6.03. The van der Waals surface area contributed by atoms with E-state index < -0.39 is 0 Å². The fraction of sp³-hybridized carbons (Fsp3) is 0.500. The summed E-state index contributed by atoms with van der Waals surface area (Å²) in [5.41, 5.74) is 0.875. The molecular weight excluding hydrogens is 275 g/mol. The third-order valence-corrected chi connectivity index (χ3v) is 3.16. The van der Waals surface area contributed by atoms with Crippen molar-refractivity contribution in [3.8, 4) is 11.5 Å². The Kier molecular flexibility index (Phi) is 7.40. The Morgan fingerprint density at radius 1 is 1.17 bits per heavy atom. The van der Waals surface area contributed by atoms with Crippen LogP contribution in [0.3, 0.4) is 0 Å². The van der Waals surface area contributed by atoms with E-state index in [1.165, 1.54) is 6.07 Å². The van der Waals surface area contributed by atoms with Crippen molar-refractivity contribution in [2.24, 2.45) is 0 Å². The summed E-state index contributed by atoms with van der Waals surface area (Å²) in [5.74, 6) is 0.278. The molecule has 0 unspecified atom stereocenters. The molecule has 1 aromatic carbocycles. The zero-order valence-electron chi connectivity index (χ0n) is 10.3. The zero-order valence-corrected chi connectivity index (χ0v) is 11.9. The molecular formula is C12H20Cl2N2O2. The van der Waals surface area contributed by atoms with Crippen molar-refractivity contribution >= 4 is 24.8 Å². The SMILES string of the molecule is C[C@@H](c1ccc(O)cc1O)N1CCNCC1.Cl.Cl. The van der Waals surface area contributed by atoms with Gasteiger partial charge in [-0.3, -0.25) is 4.90 Å². The second-order valence-electron chi connectivity index (χ2n) is 4.21. The Balaban J connectivity index is 0.00000144. The molecule has 1 atom stereocenters. The average Bonchev–Trinajstić information content (AvgIpc) is 2.29. The van der Waals surface area contributed by atoms with Crippen molar-refractivity contribution < 1.29 is 10.2 Å². The van der Waals surface area contributed by atoms with Crippen LogP contribution in [0, 0.1) is 0 Å². The van der Waals surface area contributed by atoms with Crippen LogP contribution in [-0.4, -0.2) is 41.3 Å². The van der Waals surface area contributed by atoms with Crippen LogP contribution in [0.5, 0.6) is 11.5 Å². The Hall–Kier alpha value is -0.680. The van der Waals surface area contributed by atoms with Crippen molar-refractivity contribution in [3.63, 3.8) is 0 Å². The van der Waals surface area contributed by atoms with Gasteiger partial charge in [-0.1, -0.05) is 6.07 Å². The Labute approximate surface area is 120 Å². The van der Waals surface area contributed by atoms with Crippen molar-refractivity contribution in [1.82, 2.24) is 10.2 Å². The number of aromatic hydroxyl groups is 2. The van der Waals surface area contributed by atoms with Crippen LogP contribution >= 0.6 is 24.8 Å². The molecule has 104 valence electrons. The Bertz CT molecular complexity index is 371. The van der Waals surface area contributed by atoms with Crippen LogP contribution in [0.2, 0.25) is 0 Å². The standard InChI is InChI=1S/C12H18N2O2.2ClH/c1-9(14-6-4-13-5-7-14)11-3-2-10(15)8-12(11)16;;/h2-3,8-9,13,15-16H,4-7H2,1H3;2*1H/t9-;;/m0../s1. The molecule has 1 aromatic rings. The largest absolute Gasteiger partial charge is 0.508 e. The van der Waals surface area contributed by atoms with Gasteiger partial charge in [0.05, 0.1) is 0 Å². The summed E-state index contributed by atoms with van der Waals surface area (Å²) in [6.07, 6.45) is 0. The lowest BCUT2D eigenvalue weighted by Gasteiger charge is -2.33. The molecule has 2 rings (SSSR count). The highest BCUT2D eigenvalue weighted by Crippen LogP contribution is 2.31. The van der Waals surface area contributed by atoms with Gasteiger partial charge in [0.1, 0.15) is 11.5 Å². The maximum absolute atomic E-state index is 9.79. The number of hydrogen-bond acceptors (Lipinski definition) is 4. The molecule has 0 aromatic heterocycles. The van der Waals surface area contributed by atoms with Gasteiger partial charge in [-0.15, -0.1) is 24.8 Å². The molecule has 18 heavy (non-hydrogen) atoms. The molecule has 4 nitrogen and oxygen atoms in total. The topological polar surface area (TPSA) is 55.7 Å². The summed E-state index contributed by atoms with van der Waals surface area (Å²) < 4.78 is 0. The maximum atomic E-state index is 9.79. The van der Waals surface area contributed by atoms with Crippen molar-refractivity contribution in [2.75, 3.05) is 26.2 Å². The number of nitrogens with one attached hydrogen (secondary N) is 1. The van der Waals surface area contributed by atoms with Crippen LogP contribution in [0.1, 0.15) is 18.5 Å². The second kappa shape index (κ2) is 7.69. The normalized spacial score (nSPS) is 17.4. The monoisotopic (exact) mass is 294 g/mol. The van der Waals surface area contributed by atoms with E-state index in [-0.39, 0.29) is 42.4 Å². The van der Waals surface area contributed by atoms with Crippen molar-refractivity contribution in [3.05, 3.63) is 23.8 Å². The van der Waals surface area contributed by atoms with Crippen LogP contribution in [0.4, 0.5) is 0 Å². The second-order valence-corrected chi connectivity index (χ2v) is 4.21. The molecule has 1 aliphatic heterocycles. The zero-order chi connectivity index (χ0) is 11.5. The molecule has 1 fully saturated rings. The van der Waals surface area contributed by atoms with Gasteiger partial charge in [-0.05, 0) is 13.0 Å². The predicted octanol–water partition coefficient (Wildman–Crippen LogP) is 1.91. The van der Waals surface area contributed by atoms with Crippen molar-refractivity contribution in [2.45, 2.75) is 13.0 Å². The summed E-state index contributed by atoms with van der Waals surface area (Å²) in [7, 11) is 0. The van der Waals surface area contributed by atoms with Crippen LogP contribution in [0.25, 0.3) is 0 Å². The van der Waals surface area contributed by atoms with E-state index in [1.807, 2.05) is 0 Å². The molecule has 1 saturated heterocycles. The van der Waals surface area contributed by atoms with E-state index in [1.54, 1.807) is 12.1 Å². The van der Waals surface area contributed by atoms with Crippen LogP contribution < -0.4 is 5.32 Å². The van der Waals surface area contributed by atoms with Gasteiger partial charge in [0.15, 0.2) is 0 Å². The van der Waals surface area contributed by atoms with Gasteiger partial charge in [-0.2, -0.15) is 0 Å². The van der Waals surface area contributed by atoms with Crippen LogP contribution in [-0.2, 0) is 0 Å². The first-order chi connectivity index (χ1) is 7.68. The molecule has 0 radical (unpaired) electrons. The minimum atomic E-state index is 0. The molecule has 0 saturated carbocycles. The van der Waals surface area contributed by atoms with Gasteiger partial charge in [0.2, 0.25) is 0 Å². The minimum absolute atomic E-state index is 0. The highest BCUT2D eigenvalue weighted by atomic mass is 35.5. The Morgan fingerprint density at radius 3 is 2.33 bits per heavy atom. The number of benzene rings is 1. The van der Waals surface area contributed by atoms with Gasteiger partial charge in [-0.25, -0.2) is 0 Å². The number of hydrogen-bond donors (Lipinski definition) is 3. The van der Waals surface area contributed by atoms with E-state index in [0.717, 1.165) is 31.7 Å². The molecule has 0 bridgehead atoms. The lowest BCUT2D eigenvalue weighted by molar-refractivity contribution is 0.183. The van der Waals surface area contributed by atoms with Crippen molar-refractivity contribution in [1.29, 1.82) is 0 Å². The van der Waals surface area contributed by atoms with Gasteiger partial charge >= 0.3 is 0 Å². The van der Waals surface area contributed by atoms with Gasteiger partial charge < -0.3 is 15.5 Å². The quantitative estimate of drug-likeness (QED) is 0.780. The number of rotatable bonds is 2. The fourth-order valence-corrected chi connectivity index (χ4v) is 2.15. The highest BCUT2D eigenvalue weighted by Gasteiger charge is 2.20. The lowest BCUT2D eigenvalue weighted by atomic mass is 10.0. The molecule has 1 heterocycles. The van der Waals surface area contributed by atoms with E-state index >= 15 is 0 Å². The number of piperazine rings is 1. The van der Waals surface area contributed by atoms with Crippen LogP contribution in [0.15, 0.2) is 18.2 Å². The minimum Gasteiger partial charge on any atom is -0.508 e. The van der Waals surface area contributed by atoms with E-state index in [4.69, 9.17) is 0 Å². The highest BCUT2D eigenvalue weighted by molar-refractivity contribution is 5.85. The number of phenolic OH excluding ortho intramolecular Hbond substituents is 2. The van der Waals surface area contributed by atoms with E-state index in [0.29, 0.717) is 0 Å². The maximum Gasteiger partial charge on any atom is 0.124 e. The molecule has 6 heteroatoms. The van der Waals surface area contributed by atoms with E-state index in [2.05, 4.69) is 17.1 Å². The number of halogens is 2. The molecule has 0 spiro atoms. The molecule has 0 aliphatic carbocycles. The Morgan fingerprint density at radius 2 is 1.78 bits per heavy atom. The molecule has 3 N–H and O–H groups in total. The third kappa shape index (κ3) is 3.92. The van der Waals surface area contributed by atoms with E-state index in [9.17, 15) is 10.2 Å². The lowest BCUT2D eigenvalue weighted by Crippen LogP contribution is -2.44. The first-order valence-electron chi connectivity index (χ1n) is 5.65. The first-order valence-corrected chi connectivity index (χ1v) is 5.65. The third-order valence-electron chi connectivity index (χ3n) is 3.16. The number of phenols is 2. The number of nitrogens with zero attached hydrogens (tertiary/aromatic N) is 1. The molecule has 1 aliphatic rings. The molecule has 0 amide bonds. The predicted molar refractivity (Wildman–Crippen MR) is 77.1 cm³/mol. The average molecular weight is 295 g/mol. The summed E-state index contributed by atoms with van der Waals surface area (Å²) >= 11 is 0. The van der Waals surface area contributed by atoms with Gasteiger partial charge in [0.25, 0.3) is 0 Å². The summed E-state index contributed by atoms with van der Waals surface area (Å²) in [4.78, 5) is 2.32. The van der Waals surface area contributed by atoms with Gasteiger partial charge in [0, 0.05) is 43.9 Å². The first kappa shape index (κ1) is 17.3. The summed E-state index contributed by atoms with van der Waals surface area (Å²) in [6, 6.07) is 4.99. The smallest absolute Gasteiger partial charge is 0.124 e. The summed E-state index contributed by atoms with van der Waals surface area (Å²) in [5, 5.41) is 22.3. The fourth-order valence-electron chi connectivity index (χ4n) is 2.15.